The van der Waals surface area contributed by atoms with Gasteiger partial charge in [-0.3, -0.25) is 4.68 Å². The average Bonchev–Trinajstić information content (AvgIpc) is 2.43. The molecule has 1 aromatic heterocycles. The third-order valence-corrected chi connectivity index (χ3v) is 2.66. The number of aromatic nitrogens is 2. The Hall–Kier alpha value is -1.06. The number of hydrogen-bond acceptors (Lipinski definition) is 2. The average molecular weight is 210 g/mol. The molecule has 0 unspecified atom stereocenters. The zero-order valence-corrected chi connectivity index (χ0v) is 8.97. The number of rotatable bonds is 2. The molecule has 0 fully saturated rings. The van der Waals surface area contributed by atoms with Gasteiger partial charge in [0.25, 0.3) is 0 Å². The van der Waals surface area contributed by atoms with E-state index in [2.05, 4.69) is 22.5 Å². The Balaban J connectivity index is 2.56. The fourth-order valence-corrected chi connectivity index (χ4v) is 1.73. The maximum atomic E-state index is 6.06. The molecule has 3 nitrogen and oxygen atoms in total. The summed E-state index contributed by atoms with van der Waals surface area (Å²) in [6.45, 7) is 0.851. The Morgan fingerprint density at radius 2 is 2.29 bits per heavy atom. The maximum Gasteiger partial charge on any atom is 0.134 e. The Morgan fingerprint density at radius 3 is 3.00 bits per heavy atom. The van der Waals surface area contributed by atoms with Crippen LogP contribution in [0.1, 0.15) is 5.56 Å². The standard InChI is InChI=1S/C10H12ClN3/c1-12-6-7-3-4-8-9(5-7)13-14(2)10(8)11/h3-5,12H,6H2,1-2H3. The molecule has 0 aliphatic rings. The molecule has 0 spiro atoms. The van der Waals surface area contributed by atoms with Gasteiger partial charge in [-0.15, -0.1) is 0 Å². The molecule has 1 N–H and O–H groups in total. The van der Waals surface area contributed by atoms with Crippen molar-refractivity contribution in [1.29, 1.82) is 0 Å². The van der Waals surface area contributed by atoms with Crippen LogP contribution in [0.3, 0.4) is 0 Å². The lowest BCUT2D eigenvalue weighted by Gasteiger charge is -1.98. The van der Waals surface area contributed by atoms with E-state index in [0.717, 1.165) is 17.4 Å². The van der Waals surface area contributed by atoms with Gasteiger partial charge in [-0.05, 0) is 24.7 Å². The highest BCUT2D eigenvalue weighted by Gasteiger charge is 2.06. The van der Waals surface area contributed by atoms with E-state index in [1.807, 2.05) is 20.2 Å². The van der Waals surface area contributed by atoms with Gasteiger partial charge in [0.15, 0.2) is 0 Å². The second kappa shape index (κ2) is 3.59. The van der Waals surface area contributed by atoms with E-state index in [-0.39, 0.29) is 0 Å². The van der Waals surface area contributed by atoms with Crippen LogP contribution in [0.15, 0.2) is 18.2 Å². The first-order valence-electron chi connectivity index (χ1n) is 4.48. The van der Waals surface area contributed by atoms with Gasteiger partial charge in [-0.2, -0.15) is 5.10 Å². The molecule has 0 amide bonds. The molecule has 74 valence electrons. The van der Waals surface area contributed by atoms with Crippen molar-refractivity contribution in [2.45, 2.75) is 6.54 Å². The summed E-state index contributed by atoms with van der Waals surface area (Å²) in [4.78, 5) is 0. The van der Waals surface area contributed by atoms with Crippen molar-refractivity contribution in [3.05, 3.63) is 28.9 Å². The number of benzene rings is 1. The summed E-state index contributed by atoms with van der Waals surface area (Å²) in [6, 6.07) is 6.13. The Morgan fingerprint density at radius 1 is 1.50 bits per heavy atom. The molecule has 0 atom stereocenters. The predicted molar refractivity (Wildman–Crippen MR) is 58.5 cm³/mol. The minimum absolute atomic E-state index is 0.691. The van der Waals surface area contributed by atoms with Crippen LogP contribution in [-0.4, -0.2) is 16.8 Å². The van der Waals surface area contributed by atoms with Gasteiger partial charge in [-0.25, -0.2) is 0 Å². The molecule has 0 aliphatic carbocycles. The zero-order valence-electron chi connectivity index (χ0n) is 8.21. The van der Waals surface area contributed by atoms with Crippen LogP contribution < -0.4 is 5.32 Å². The number of fused-ring (bicyclic) bond motifs is 1. The monoisotopic (exact) mass is 209 g/mol. The number of aryl methyl sites for hydroxylation is 1. The van der Waals surface area contributed by atoms with Crippen LogP contribution in [0.25, 0.3) is 10.9 Å². The summed E-state index contributed by atoms with van der Waals surface area (Å²) in [6.07, 6.45) is 0. The molecule has 14 heavy (non-hydrogen) atoms. The maximum absolute atomic E-state index is 6.06. The van der Waals surface area contributed by atoms with Crippen LogP contribution >= 0.6 is 11.6 Å². The van der Waals surface area contributed by atoms with Crippen molar-refractivity contribution >= 4 is 22.5 Å². The molecule has 0 saturated heterocycles. The van der Waals surface area contributed by atoms with E-state index in [1.54, 1.807) is 4.68 Å². The van der Waals surface area contributed by atoms with Crippen molar-refractivity contribution in [1.82, 2.24) is 15.1 Å². The first kappa shape index (κ1) is 9.49. The van der Waals surface area contributed by atoms with Crippen molar-refractivity contribution < 1.29 is 0 Å². The first-order chi connectivity index (χ1) is 6.72. The van der Waals surface area contributed by atoms with Crippen LogP contribution in [0, 0.1) is 0 Å². The minimum Gasteiger partial charge on any atom is -0.316 e. The number of nitrogens with zero attached hydrogens (tertiary/aromatic N) is 2. The van der Waals surface area contributed by atoms with E-state index >= 15 is 0 Å². The molecule has 4 heteroatoms. The summed E-state index contributed by atoms with van der Waals surface area (Å²) in [7, 11) is 3.77. The lowest BCUT2D eigenvalue weighted by molar-refractivity contribution is 0.779. The third kappa shape index (κ3) is 1.49. The van der Waals surface area contributed by atoms with Gasteiger partial charge in [0.2, 0.25) is 0 Å². The third-order valence-electron chi connectivity index (χ3n) is 2.21. The van der Waals surface area contributed by atoms with E-state index in [1.165, 1.54) is 5.56 Å². The zero-order chi connectivity index (χ0) is 10.1. The highest BCUT2D eigenvalue weighted by molar-refractivity contribution is 6.34. The Kier molecular flexibility index (Phi) is 2.44. The molecule has 1 aromatic carbocycles. The molecule has 0 saturated carbocycles. The van der Waals surface area contributed by atoms with Gasteiger partial charge >= 0.3 is 0 Å². The summed E-state index contributed by atoms with van der Waals surface area (Å²) in [5.41, 5.74) is 2.17. The molecule has 2 rings (SSSR count). The highest BCUT2D eigenvalue weighted by Crippen LogP contribution is 2.23. The Labute approximate surface area is 87.7 Å². The Bertz CT molecular complexity index is 462. The normalized spacial score (nSPS) is 11.1. The minimum atomic E-state index is 0.691. The molecular weight excluding hydrogens is 198 g/mol. The molecule has 0 bridgehead atoms. The van der Waals surface area contributed by atoms with Crippen LogP contribution in [0.4, 0.5) is 0 Å². The SMILES string of the molecule is CNCc1ccc2c(Cl)n(C)nc2c1. The lowest BCUT2D eigenvalue weighted by atomic mass is 10.2. The smallest absolute Gasteiger partial charge is 0.134 e. The second-order valence-electron chi connectivity index (χ2n) is 3.30. The quantitative estimate of drug-likeness (QED) is 0.820. The van der Waals surface area contributed by atoms with Crippen molar-refractivity contribution in [3.63, 3.8) is 0 Å². The van der Waals surface area contributed by atoms with E-state index < -0.39 is 0 Å². The lowest BCUT2D eigenvalue weighted by Crippen LogP contribution is -2.04. The van der Waals surface area contributed by atoms with Crippen molar-refractivity contribution in [3.8, 4) is 0 Å². The van der Waals surface area contributed by atoms with Crippen LogP contribution in [-0.2, 0) is 13.6 Å². The van der Waals surface area contributed by atoms with Gasteiger partial charge in [0.05, 0.1) is 5.52 Å². The number of nitrogens with one attached hydrogen (secondary N) is 1. The largest absolute Gasteiger partial charge is 0.316 e. The summed E-state index contributed by atoms with van der Waals surface area (Å²) in [5, 5.41) is 9.11. The summed E-state index contributed by atoms with van der Waals surface area (Å²) in [5.74, 6) is 0. The van der Waals surface area contributed by atoms with Crippen molar-refractivity contribution in [2.24, 2.45) is 7.05 Å². The van der Waals surface area contributed by atoms with Crippen molar-refractivity contribution in [2.75, 3.05) is 7.05 Å². The molecular formula is C10H12ClN3. The summed E-state index contributed by atoms with van der Waals surface area (Å²) < 4.78 is 1.69. The number of hydrogen-bond donors (Lipinski definition) is 1. The molecule has 1 heterocycles. The number of halogens is 1. The molecule has 0 aliphatic heterocycles. The van der Waals surface area contributed by atoms with Crippen LogP contribution in [0.5, 0.6) is 0 Å². The van der Waals surface area contributed by atoms with E-state index in [0.29, 0.717) is 5.15 Å². The van der Waals surface area contributed by atoms with Gasteiger partial charge < -0.3 is 5.32 Å². The van der Waals surface area contributed by atoms with E-state index in [9.17, 15) is 0 Å². The fraction of sp³-hybridized carbons (Fsp3) is 0.300. The van der Waals surface area contributed by atoms with Crippen LogP contribution in [0.2, 0.25) is 5.15 Å². The highest BCUT2D eigenvalue weighted by atomic mass is 35.5. The molecule has 2 aromatic rings. The molecule has 0 radical (unpaired) electrons. The van der Waals surface area contributed by atoms with E-state index in [4.69, 9.17) is 11.6 Å². The fourth-order valence-electron chi connectivity index (χ4n) is 1.53. The van der Waals surface area contributed by atoms with Gasteiger partial charge in [0, 0.05) is 19.0 Å². The predicted octanol–water partition coefficient (Wildman–Crippen LogP) is 1.95. The van der Waals surface area contributed by atoms with Gasteiger partial charge in [0.1, 0.15) is 5.15 Å². The van der Waals surface area contributed by atoms with Gasteiger partial charge in [-0.1, -0.05) is 17.7 Å². The topological polar surface area (TPSA) is 29.9 Å². The second-order valence-corrected chi connectivity index (χ2v) is 3.65. The summed E-state index contributed by atoms with van der Waals surface area (Å²) >= 11 is 6.06. The first-order valence-corrected chi connectivity index (χ1v) is 4.86.